The lowest BCUT2D eigenvalue weighted by Crippen LogP contribution is -2.16. The van der Waals surface area contributed by atoms with Gasteiger partial charge in [0.15, 0.2) is 17.4 Å². The second-order valence-electron chi connectivity index (χ2n) is 5.27. The van der Waals surface area contributed by atoms with Gasteiger partial charge in [-0.3, -0.25) is 0 Å². The van der Waals surface area contributed by atoms with Crippen molar-refractivity contribution in [3.63, 3.8) is 0 Å². The third kappa shape index (κ3) is 4.05. The number of nitrogens with two attached hydrogens (primary N) is 1. The highest BCUT2D eigenvalue weighted by Crippen LogP contribution is 2.36. The van der Waals surface area contributed by atoms with Crippen molar-refractivity contribution in [1.82, 2.24) is 14.9 Å². The fourth-order valence-corrected chi connectivity index (χ4v) is 3.54. The summed E-state index contributed by atoms with van der Waals surface area (Å²) < 4.78 is 20.3. The van der Waals surface area contributed by atoms with E-state index in [1.165, 1.54) is 22.5 Å². The van der Waals surface area contributed by atoms with Crippen molar-refractivity contribution in [3.8, 4) is 5.75 Å². The molecule has 25 heavy (non-hydrogen) atoms. The molecule has 5 nitrogen and oxygen atoms in total. The third-order valence-electron chi connectivity index (χ3n) is 3.55. The van der Waals surface area contributed by atoms with Gasteiger partial charge in [-0.25, -0.2) is 9.07 Å². The predicted molar refractivity (Wildman–Crippen MR) is 96.6 cm³/mol. The zero-order chi connectivity index (χ0) is 17.8. The second kappa shape index (κ2) is 7.76. The van der Waals surface area contributed by atoms with E-state index in [4.69, 9.17) is 22.2 Å². The van der Waals surface area contributed by atoms with E-state index in [1.807, 2.05) is 31.2 Å². The van der Waals surface area contributed by atoms with Crippen LogP contribution in [0.1, 0.15) is 23.6 Å². The highest BCUT2D eigenvalue weighted by atomic mass is 35.5. The molecule has 3 aromatic rings. The van der Waals surface area contributed by atoms with Crippen LogP contribution >= 0.6 is 23.4 Å². The molecule has 1 aromatic heterocycles. The summed E-state index contributed by atoms with van der Waals surface area (Å²) in [5.74, 6) is 6.14. The van der Waals surface area contributed by atoms with Crippen LogP contribution in [0, 0.1) is 5.82 Å². The molecule has 0 saturated heterocycles. The fraction of sp³-hybridized carbons (Fsp3) is 0.176. The molecular formula is C17H16ClFN4OS. The number of hydrogen-bond acceptors (Lipinski definition) is 5. The number of hydrogen-bond donors (Lipinski definition) is 1. The number of rotatable bonds is 6. The number of aromatic nitrogens is 3. The van der Waals surface area contributed by atoms with E-state index in [2.05, 4.69) is 10.2 Å². The summed E-state index contributed by atoms with van der Waals surface area (Å²) >= 11 is 7.65. The molecule has 0 spiro atoms. The van der Waals surface area contributed by atoms with Crippen molar-refractivity contribution >= 4 is 23.4 Å². The zero-order valence-corrected chi connectivity index (χ0v) is 15.0. The highest BCUT2D eigenvalue weighted by Gasteiger charge is 2.17. The Kier molecular flexibility index (Phi) is 5.45. The lowest BCUT2D eigenvalue weighted by atomic mass is 10.2. The summed E-state index contributed by atoms with van der Waals surface area (Å²) in [5.41, 5.74) is 0.987. The molecule has 3 rings (SSSR count). The Morgan fingerprint density at radius 2 is 1.92 bits per heavy atom. The lowest BCUT2D eigenvalue weighted by Gasteiger charge is -2.12. The lowest BCUT2D eigenvalue weighted by molar-refractivity contribution is 0.277. The maximum atomic E-state index is 13.6. The number of benzene rings is 2. The van der Waals surface area contributed by atoms with Crippen molar-refractivity contribution in [2.45, 2.75) is 23.9 Å². The minimum Gasteiger partial charge on any atom is -0.482 e. The molecule has 1 atom stereocenters. The van der Waals surface area contributed by atoms with Crippen molar-refractivity contribution in [2.75, 3.05) is 5.84 Å². The minimum atomic E-state index is -0.437. The molecule has 0 fully saturated rings. The number of halogens is 2. The topological polar surface area (TPSA) is 66.0 Å². The zero-order valence-electron chi connectivity index (χ0n) is 13.4. The van der Waals surface area contributed by atoms with Gasteiger partial charge in [0, 0.05) is 10.3 Å². The average Bonchev–Trinajstić information content (AvgIpc) is 2.94. The van der Waals surface area contributed by atoms with Gasteiger partial charge in [-0.2, -0.15) is 0 Å². The molecule has 2 aromatic carbocycles. The number of thioether (sulfide) groups is 1. The number of ether oxygens (including phenoxy) is 1. The van der Waals surface area contributed by atoms with Gasteiger partial charge in [-0.15, -0.1) is 10.2 Å². The molecule has 0 aliphatic heterocycles. The first-order chi connectivity index (χ1) is 12.1. The molecule has 0 amide bonds. The molecule has 1 heterocycles. The summed E-state index contributed by atoms with van der Waals surface area (Å²) in [4.78, 5) is 0. The quantitative estimate of drug-likeness (QED) is 0.514. The summed E-state index contributed by atoms with van der Waals surface area (Å²) in [6, 6.07) is 13.8. The van der Waals surface area contributed by atoms with Gasteiger partial charge in [0.2, 0.25) is 5.16 Å². The van der Waals surface area contributed by atoms with E-state index in [0.717, 1.165) is 5.56 Å². The van der Waals surface area contributed by atoms with Gasteiger partial charge in [0.1, 0.15) is 6.61 Å². The summed E-state index contributed by atoms with van der Waals surface area (Å²) in [5, 5.41) is 9.35. The Bertz CT molecular complexity index is 873. The largest absolute Gasteiger partial charge is 0.482 e. The van der Waals surface area contributed by atoms with Crippen LogP contribution in [0.5, 0.6) is 5.75 Å². The molecule has 130 valence electrons. The normalized spacial score (nSPS) is 12.1. The molecule has 1 unspecified atom stereocenters. The van der Waals surface area contributed by atoms with Gasteiger partial charge in [-0.05, 0) is 30.7 Å². The first-order valence-electron chi connectivity index (χ1n) is 7.54. The Hall–Kier alpha value is -2.25. The van der Waals surface area contributed by atoms with E-state index in [0.29, 0.717) is 16.0 Å². The van der Waals surface area contributed by atoms with Crippen LogP contribution in [-0.4, -0.2) is 14.9 Å². The van der Waals surface area contributed by atoms with Crippen LogP contribution in [0.4, 0.5) is 4.39 Å². The van der Waals surface area contributed by atoms with E-state index >= 15 is 0 Å². The van der Waals surface area contributed by atoms with Crippen LogP contribution in [0.3, 0.4) is 0 Å². The standard InChI is InChI=1S/C17H16ClFN4OS/c1-11(12-6-2-3-7-13(12)18)25-17-22-21-16(23(17)20)10-24-15-9-5-4-8-14(15)19/h2-9,11H,10,20H2,1H3. The second-order valence-corrected chi connectivity index (χ2v) is 6.98. The monoisotopic (exact) mass is 378 g/mol. The molecular weight excluding hydrogens is 363 g/mol. The van der Waals surface area contributed by atoms with Crippen LogP contribution in [-0.2, 0) is 6.61 Å². The van der Waals surface area contributed by atoms with Crippen LogP contribution in [0.15, 0.2) is 53.7 Å². The van der Waals surface area contributed by atoms with Crippen molar-refractivity contribution < 1.29 is 9.13 Å². The Labute approximate surface area is 153 Å². The summed E-state index contributed by atoms with van der Waals surface area (Å²) in [7, 11) is 0. The average molecular weight is 379 g/mol. The van der Waals surface area contributed by atoms with E-state index in [9.17, 15) is 4.39 Å². The molecule has 0 aliphatic carbocycles. The van der Waals surface area contributed by atoms with Gasteiger partial charge in [-0.1, -0.05) is 53.7 Å². The Morgan fingerprint density at radius 3 is 2.68 bits per heavy atom. The van der Waals surface area contributed by atoms with Crippen molar-refractivity contribution in [2.24, 2.45) is 0 Å². The van der Waals surface area contributed by atoms with Gasteiger partial charge in [0.05, 0.1) is 0 Å². The summed E-state index contributed by atoms with van der Waals surface area (Å²) in [6.07, 6.45) is 0. The van der Waals surface area contributed by atoms with Gasteiger partial charge >= 0.3 is 0 Å². The third-order valence-corrected chi connectivity index (χ3v) is 4.99. The van der Waals surface area contributed by atoms with E-state index < -0.39 is 5.82 Å². The molecule has 0 aliphatic rings. The highest BCUT2D eigenvalue weighted by molar-refractivity contribution is 7.99. The minimum absolute atomic E-state index is 0.0193. The van der Waals surface area contributed by atoms with Gasteiger partial charge < -0.3 is 10.6 Å². The molecule has 8 heteroatoms. The number of nitrogens with zero attached hydrogens (tertiary/aromatic N) is 3. The SMILES string of the molecule is CC(Sc1nnc(COc2ccccc2F)n1N)c1ccccc1Cl. The smallest absolute Gasteiger partial charge is 0.210 e. The number of nitrogen functional groups attached to an aromatic ring is 1. The summed E-state index contributed by atoms with van der Waals surface area (Å²) in [6.45, 7) is 2.03. The molecule has 0 radical (unpaired) electrons. The van der Waals surface area contributed by atoms with Gasteiger partial charge in [0.25, 0.3) is 0 Å². The fourth-order valence-electron chi connectivity index (χ4n) is 2.22. The van der Waals surface area contributed by atoms with Crippen LogP contribution < -0.4 is 10.6 Å². The van der Waals surface area contributed by atoms with E-state index in [1.54, 1.807) is 18.2 Å². The van der Waals surface area contributed by atoms with Crippen LogP contribution in [0.25, 0.3) is 0 Å². The first-order valence-corrected chi connectivity index (χ1v) is 8.80. The Balaban J connectivity index is 1.69. The first kappa shape index (κ1) is 17.6. The predicted octanol–water partition coefficient (Wildman–Crippen LogP) is 4.22. The number of para-hydroxylation sites is 1. The van der Waals surface area contributed by atoms with Crippen LogP contribution in [0.2, 0.25) is 5.02 Å². The van der Waals surface area contributed by atoms with E-state index in [-0.39, 0.29) is 17.6 Å². The molecule has 0 saturated carbocycles. The van der Waals surface area contributed by atoms with Crippen molar-refractivity contribution in [1.29, 1.82) is 0 Å². The van der Waals surface area contributed by atoms with Crippen molar-refractivity contribution in [3.05, 3.63) is 70.8 Å². The Morgan fingerprint density at radius 1 is 1.20 bits per heavy atom. The maximum Gasteiger partial charge on any atom is 0.210 e. The maximum absolute atomic E-state index is 13.6. The molecule has 2 N–H and O–H groups in total. The molecule has 0 bridgehead atoms.